The van der Waals surface area contributed by atoms with E-state index in [0.29, 0.717) is 4.88 Å². The van der Waals surface area contributed by atoms with Crippen LogP contribution < -0.4 is 5.32 Å². The van der Waals surface area contributed by atoms with Gasteiger partial charge in [-0.25, -0.2) is 9.69 Å². The topological polar surface area (TPSA) is 75.7 Å². The number of imide groups is 1. The predicted molar refractivity (Wildman–Crippen MR) is 88.8 cm³/mol. The third-order valence-corrected chi connectivity index (χ3v) is 4.71. The number of aryl methyl sites for hydroxylation is 1. The normalized spacial score (nSPS) is 15.3. The fourth-order valence-corrected chi connectivity index (χ4v) is 3.24. The van der Waals surface area contributed by atoms with E-state index in [9.17, 15) is 14.4 Å². The number of ether oxygens (including phenoxy) is 1. The minimum absolute atomic E-state index is 0.0395. The van der Waals surface area contributed by atoms with E-state index in [1.54, 1.807) is 6.07 Å². The highest BCUT2D eigenvalue weighted by Gasteiger charge is 2.33. The first-order chi connectivity index (χ1) is 11.5. The third kappa shape index (κ3) is 3.46. The first kappa shape index (κ1) is 16.2. The molecule has 2 heterocycles. The monoisotopic (exact) mass is 344 g/mol. The Balaban J connectivity index is 1.81. The quantitative estimate of drug-likeness (QED) is 0.904. The summed E-state index contributed by atoms with van der Waals surface area (Å²) in [6.45, 7) is 1.71. The second-order valence-corrected chi connectivity index (χ2v) is 6.40. The van der Waals surface area contributed by atoms with E-state index >= 15 is 0 Å². The average molecular weight is 344 g/mol. The molecular weight excluding hydrogens is 328 g/mol. The van der Waals surface area contributed by atoms with Crippen molar-refractivity contribution in [2.45, 2.75) is 13.0 Å². The van der Waals surface area contributed by atoms with E-state index in [1.165, 1.54) is 11.3 Å². The summed E-state index contributed by atoms with van der Waals surface area (Å²) in [5.74, 6) is -0.635. The molecule has 1 N–H and O–H groups in total. The van der Waals surface area contributed by atoms with Crippen molar-refractivity contribution in [3.05, 3.63) is 57.8 Å². The Kier molecular flexibility index (Phi) is 4.61. The molecule has 7 heteroatoms. The summed E-state index contributed by atoms with van der Waals surface area (Å²) in [4.78, 5) is 37.5. The van der Waals surface area contributed by atoms with Crippen LogP contribution in [0.4, 0.5) is 4.79 Å². The number of rotatable bonds is 5. The molecule has 124 valence electrons. The Bertz CT molecular complexity index is 756. The molecule has 1 saturated heterocycles. The predicted octanol–water partition coefficient (Wildman–Crippen LogP) is 2.51. The van der Waals surface area contributed by atoms with Gasteiger partial charge in [-0.05, 0) is 29.5 Å². The lowest BCUT2D eigenvalue weighted by molar-refractivity contribution is -0.126. The third-order valence-electron chi connectivity index (χ3n) is 3.67. The van der Waals surface area contributed by atoms with Gasteiger partial charge in [0.15, 0.2) is 6.61 Å². The molecule has 2 aromatic rings. The van der Waals surface area contributed by atoms with Crippen LogP contribution in [0.1, 0.15) is 26.8 Å². The SMILES string of the molecule is Cc1csc(C(=O)N[C@@H](CN2C(=O)COC2=O)c2ccccc2)c1. The average Bonchev–Trinajstić information content (AvgIpc) is 3.15. The number of amides is 3. The van der Waals surface area contributed by atoms with E-state index in [4.69, 9.17) is 4.74 Å². The van der Waals surface area contributed by atoms with Gasteiger partial charge in [-0.2, -0.15) is 0 Å². The van der Waals surface area contributed by atoms with Crippen molar-refractivity contribution >= 4 is 29.2 Å². The van der Waals surface area contributed by atoms with E-state index in [2.05, 4.69) is 5.32 Å². The number of hydrogen-bond acceptors (Lipinski definition) is 5. The zero-order valence-electron chi connectivity index (χ0n) is 13.0. The van der Waals surface area contributed by atoms with Gasteiger partial charge in [-0.15, -0.1) is 11.3 Å². The molecule has 1 atom stereocenters. The molecule has 0 aliphatic carbocycles. The fourth-order valence-electron chi connectivity index (χ4n) is 2.44. The summed E-state index contributed by atoms with van der Waals surface area (Å²) in [7, 11) is 0. The summed E-state index contributed by atoms with van der Waals surface area (Å²) < 4.78 is 4.73. The van der Waals surface area contributed by atoms with Crippen molar-refractivity contribution in [3.8, 4) is 0 Å². The van der Waals surface area contributed by atoms with Crippen LogP contribution in [0.25, 0.3) is 0 Å². The molecule has 0 spiro atoms. The molecule has 24 heavy (non-hydrogen) atoms. The number of carbonyl (C=O) groups excluding carboxylic acids is 3. The van der Waals surface area contributed by atoms with Crippen LogP contribution in [0.3, 0.4) is 0 Å². The Morgan fingerprint density at radius 1 is 1.33 bits per heavy atom. The minimum Gasteiger partial charge on any atom is -0.439 e. The number of cyclic esters (lactones) is 1. The van der Waals surface area contributed by atoms with Crippen LogP contribution in [-0.2, 0) is 9.53 Å². The summed E-state index contributed by atoms with van der Waals surface area (Å²) in [5.41, 5.74) is 1.83. The molecular formula is C17H16N2O4S. The molecule has 1 aliphatic rings. The second kappa shape index (κ2) is 6.84. The molecule has 1 aliphatic heterocycles. The van der Waals surface area contributed by atoms with Crippen molar-refractivity contribution in [1.29, 1.82) is 0 Å². The van der Waals surface area contributed by atoms with Gasteiger partial charge in [0.05, 0.1) is 17.5 Å². The smallest absolute Gasteiger partial charge is 0.417 e. The van der Waals surface area contributed by atoms with Gasteiger partial charge in [0, 0.05) is 0 Å². The molecule has 3 rings (SSSR count). The van der Waals surface area contributed by atoms with Crippen LogP contribution in [0.15, 0.2) is 41.8 Å². The van der Waals surface area contributed by atoms with Crippen molar-refractivity contribution in [2.24, 2.45) is 0 Å². The highest BCUT2D eigenvalue weighted by atomic mass is 32.1. The molecule has 1 fully saturated rings. The van der Waals surface area contributed by atoms with Crippen LogP contribution >= 0.6 is 11.3 Å². The standard InChI is InChI=1S/C17H16N2O4S/c1-11-7-14(24-10-11)16(21)18-13(12-5-3-2-4-6-12)8-19-15(20)9-23-17(19)22/h2-7,10,13H,8-9H2,1H3,(H,18,21)/t13-/m0/s1. The van der Waals surface area contributed by atoms with E-state index in [-0.39, 0.29) is 19.1 Å². The zero-order valence-corrected chi connectivity index (χ0v) is 13.8. The Hall–Kier alpha value is -2.67. The van der Waals surface area contributed by atoms with E-state index in [0.717, 1.165) is 16.0 Å². The lowest BCUT2D eigenvalue weighted by atomic mass is 10.1. The van der Waals surface area contributed by atoms with Crippen molar-refractivity contribution in [3.63, 3.8) is 0 Å². The van der Waals surface area contributed by atoms with Gasteiger partial charge < -0.3 is 10.1 Å². The molecule has 0 saturated carbocycles. The fraction of sp³-hybridized carbons (Fsp3) is 0.235. The minimum atomic E-state index is -0.679. The van der Waals surface area contributed by atoms with Gasteiger partial charge >= 0.3 is 6.09 Å². The number of thiophene rings is 1. The molecule has 0 bridgehead atoms. The Morgan fingerprint density at radius 2 is 2.08 bits per heavy atom. The maximum Gasteiger partial charge on any atom is 0.417 e. The number of nitrogens with zero attached hydrogens (tertiary/aromatic N) is 1. The molecule has 0 unspecified atom stereocenters. The molecule has 1 aromatic carbocycles. The van der Waals surface area contributed by atoms with Gasteiger partial charge in [0.1, 0.15) is 0 Å². The number of carbonyl (C=O) groups is 3. The van der Waals surface area contributed by atoms with Crippen LogP contribution in [0.5, 0.6) is 0 Å². The van der Waals surface area contributed by atoms with Gasteiger partial charge in [-0.1, -0.05) is 30.3 Å². The molecule has 6 nitrogen and oxygen atoms in total. The molecule has 1 aromatic heterocycles. The highest BCUT2D eigenvalue weighted by molar-refractivity contribution is 7.12. The number of nitrogens with one attached hydrogen (secondary N) is 1. The Labute approximate surface area is 143 Å². The first-order valence-corrected chi connectivity index (χ1v) is 8.30. The number of hydrogen-bond donors (Lipinski definition) is 1. The van der Waals surface area contributed by atoms with Crippen molar-refractivity contribution < 1.29 is 19.1 Å². The van der Waals surface area contributed by atoms with Crippen LogP contribution in [-0.4, -0.2) is 36.0 Å². The maximum atomic E-state index is 12.5. The number of benzene rings is 1. The summed E-state index contributed by atoms with van der Waals surface area (Å²) in [5, 5.41) is 4.80. The van der Waals surface area contributed by atoms with Crippen LogP contribution in [0.2, 0.25) is 0 Å². The lowest BCUT2D eigenvalue weighted by Crippen LogP contribution is -2.40. The van der Waals surface area contributed by atoms with E-state index < -0.39 is 18.0 Å². The largest absolute Gasteiger partial charge is 0.439 e. The summed E-state index contributed by atoms with van der Waals surface area (Å²) in [6.07, 6.45) is -0.679. The molecule has 0 radical (unpaired) electrons. The maximum absolute atomic E-state index is 12.5. The van der Waals surface area contributed by atoms with E-state index in [1.807, 2.05) is 42.6 Å². The zero-order chi connectivity index (χ0) is 17.1. The highest BCUT2D eigenvalue weighted by Crippen LogP contribution is 2.20. The summed E-state index contributed by atoms with van der Waals surface area (Å²) in [6, 6.07) is 10.5. The van der Waals surface area contributed by atoms with Crippen molar-refractivity contribution in [2.75, 3.05) is 13.2 Å². The van der Waals surface area contributed by atoms with Gasteiger partial charge in [-0.3, -0.25) is 9.59 Å². The van der Waals surface area contributed by atoms with Gasteiger partial charge in [0.2, 0.25) is 0 Å². The molecule has 3 amide bonds. The second-order valence-electron chi connectivity index (χ2n) is 5.48. The van der Waals surface area contributed by atoms with Crippen LogP contribution in [0, 0.1) is 6.92 Å². The van der Waals surface area contributed by atoms with Gasteiger partial charge in [0.25, 0.3) is 11.8 Å². The Morgan fingerprint density at radius 3 is 2.67 bits per heavy atom. The first-order valence-electron chi connectivity index (χ1n) is 7.42. The van der Waals surface area contributed by atoms with Crippen molar-refractivity contribution in [1.82, 2.24) is 10.2 Å². The lowest BCUT2D eigenvalue weighted by Gasteiger charge is -2.22. The summed E-state index contributed by atoms with van der Waals surface area (Å²) >= 11 is 1.35.